The average Bonchev–Trinajstić information content (AvgIpc) is 2.34. The highest BCUT2D eigenvalue weighted by molar-refractivity contribution is 6.34. The molecule has 18 heavy (non-hydrogen) atoms. The Morgan fingerprint density at radius 1 is 1.17 bits per heavy atom. The highest BCUT2D eigenvalue weighted by Crippen LogP contribution is 2.35. The second-order valence-electron chi connectivity index (χ2n) is 3.93. The van der Waals surface area contributed by atoms with E-state index in [1.165, 1.54) is 0 Å². The van der Waals surface area contributed by atoms with Gasteiger partial charge in [0.25, 0.3) is 0 Å². The fourth-order valence-corrected chi connectivity index (χ4v) is 2.13. The first-order chi connectivity index (χ1) is 8.59. The molecule has 3 nitrogen and oxygen atoms in total. The second-order valence-corrected chi connectivity index (χ2v) is 4.34. The standard InChI is InChI=1S/C14H12ClNO2/c15-11-7-6-10(8-12(17)18)14(16)13(11)9-4-2-1-3-5-9/h1-7H,8,16H2,(H,17,18). The fourth-order valence-electron chi connectivity index (χ4n) is 1.85. The van der Waals surface area contributed by atoms with Crippen molar-refractivity contribution in [2.75, 3.05) is 5.73 Å². The van der Waals surface area contributed by atoms with Gasteiger partial charge >= 0.3 is 5.97 Å². The Hall–Kier alpha value is -2.00. The van der Waals surface area contributed by atoms with E-state index in [1.807, 2.05) is 30.3 Å². The van der Waals surface area contributed by atoms with Crippen LogP contribution >= 0.6 is 11.6 Å². The minimum Gasteiger partial charge on any atom is -0.481 e. The summed E-state index contributed by atoms with van der Waals surface area (Å²) in [6, 6.07) is 12.8. The lowest BCUT2D eigenvalue weighted by Gasteiger charge is -2.12. The summed E-state index contributed by atoms with van der Waals surface area (Å²) < 4.78 is 0. The van der Waals surface area contributed by atoms with Crippen molar-refractivity contribution >= 4 is 23.3 Å². The highest BCUT2D eigenvalue weighted by Gasteiger charge is 2.13. The van der Waals surface area contributed by atoms with Gasteiger partial charge in [-0.15, -0.1) is 0 Å². The molecule has 0 radical (unpaired) electrons. The number of nitrogen functional groups attached to an aromatic ring is 1. The molecule has 4 heteroatoms. The fraction of sp³-hybridized carbons (Fsp3) is 0.0714. The summed E-state index contributed by atoms with van der Waals surface area (Å²) in [6.45, 7) is 0. The zero-order chi connectivity index (χ0) is 13.1. The molecule has 0 bridgehead atoms. The van der Waals surface area contributed by atoms with Gasteiger partial charge in [-0.25, -0.2) is 0 Å². The van der Waals surface area contributed by atoms with Crippen molar-refractivity contribution in [2.45, 2.75) is 6.42 Å². The molecule has 0 unspecified atom stereocenters. The van der Waals surface area contributed by atoms with Crippen LogP contribution in [0.1, 0.15) is 5.56 Å². The number of rotatable bonds is 3. The normalized spacial score (nSPS) is 10.3. The minimum absolute atomic E-state index is 0.108. The van der Waals surface area contributed by atoms with Crippen LogP contribution in [0.4, 0.5) is 5.69 Å². The number of hydrogen-bond donors (Lipinski definition) is 2. The van der Waals surface area contributed by atoms with E-state index in [1.54, 1.807) is 12.1 Å². The van der Waals surface area contributed by atoms with Crippen molar-refractivity contribution < 1.29 is 9.90 Å². The molecule has 92 valence electrons. The lowest BCUT2D eigenvalue weighted by atomic mass is 9.99. The molecule has 0 aliphatic rings. The van der Waals surface area contributed by atoms with Crippen molar-refractivity contribution in [2.24, 2.45) is 0 Å². The lowest BCUT2D eigenvalue weighted by molar-refractivity contribution is -0.136. The Morgan fingerprint density at radius 3 is 2.44 bits per heavy atom. The molecule has 3 N–H and O–H groups in total. The summed E-state index contributed by atoms with van der Waals surface area (Å²) in [5.74, 6) is -0.914. The summed E-state index contributed by atoms with van der Waals surface area (Å²) in [5.41, 5.74) is 8.59. The Morgan fingerprint density at radius 2 is 1.83 bits per heavy atom. The van der Waals surface area contributed by atoms with Crippen LogP contribution in [0, 0.1) is 0 Å². The molecule has 2 aromatic carbocycles. The molecule has 2 rings (SSSR count). The summed E-state index contributed by atoms with van der Waals surface area (Å²) in [7, 11) is 0. The van der Waals surface area contributed by atoms with E-state index in [0.717, 1.165) is 5.56 Å². The molecule has 0 saturated heterocycles. The van der Waals surface area contributed by atoms with E-state index < -0.39 is 5.97 Å². The number of benzene rings is 2. The first-order valence-corrected chi connectivity index (χ1v) is 5.81. The van der Waals surface area contributed by atoms with Gasteiger partial charge < -0.3 is 10.8 Å². The third-order valence-electron chi connectivity index (χ3n) is 2.69. The van der Waals surface area contributed by atoms with Gasteiger partial charge in [0.15, 0.2) is 0 Å². The zero-order valence-electron chi connectivity index (χ0n) is 9.56. The van der Waals surface area contributed by atoms with E-state index in [4.69, 9.17) is 22.4 Å². The Labute approximate surface area is 110 Å². The molecule has 0 heterocycles. The maximum atomic E-state index is 10.8. The zero-order valence-corrected chi connectivity index (χ0v) is 10.3. The first-order valence-electron chi connectivity index (χ1n) is 5.43. The van der Waals surface area contributed by atoms with Gasteiger partial charge in [0, 0.05) is 11.3 Å². The van der Waals surface area contributed by atoms with Crippen LogP contribution in [0.2, 0.25) is 5.02 Å². The lowest BCUT2D eigenvalue weighted by Crippen LogP contribution is -2.05. The maximum Gasteiger partial charge on any atom is 0.307 e. The number of carbonyl (C=O) groups is 1. The Kier molecular flexibility index (Phi) is 3.53. The molecule has 0 fully saturated rings. The molecule has 0 atom stereocenters. The van der Waals surface area contributed by atoms with E-state index >= 15 is 0 Å². The molecule has 0 spiro atoms. The van der Waals surface area contributed by atoms with Gasteiger partial charge in [-0.1, -0.05) is 48.0 Å². The van der Waals surface area contributed by atoms with E-state index in [2.05, 4.69) is 0 Å². The van der Waals surface area contributed by atoms with Gasteiger partial charge in [-0.2, -0.15) is 0 Å². The molecular formula is C14H12ClNO2. The van der Waals surface area contributed by atoms with Crippen LogP contribution < -0.4 is 5.73 Å². The van der Waals surface area contributed by atoms with Gasteiger partial charge in [0.1, 0.15) is 0 Å². The molecule has 0 amide bonds. The summed E-state index contributed by atoms with van der Waals surface area (Å²) >= 11 is 6.15. The second kappa shape index (κ2) is 5.10. The molecule has 0 aromatic heterocycles. The number of aliphatic carboxylic acids is 1. The van der Waals surface area contributed by atoms with Gasteiger partial charge in [0.2, 0.25) is 0 Å². The molecule has 0 saturated carbocycles. The smallest absolute Gasteiger partial charge is 0.307 e. The molecule has 0 aliphatic heterocycles. The summed E-state index contributed by atoms with van der Waals surface area (Å²) in [4.78, 5) is 10.8. The van der Waals surface area contributed by atoms with Crippen LogP contribution in [0.25, 0.3) is 11.1 Å². The predicted molar refractivity (Wildman–Crippen MR) is 72.6 cm³/mol. The van der Waals surface area contributed by atoms with Crippen LogP contribution in [0.15, 0.2) is 42.5 Å². The number of halogens is 1. The highest BCUT2D eigenvalue weighted by atomic mass is 35.5. The average molecular weight is 262 g/mol. The van der Waals surface area contributed by atoms with Crippen LogP contribution in [0.5, 0.6) is 0 Å². The van der Waals surface area contributed by atoms with Crippen molar-refractivity contribution in [1.82, 2.24) is 0 Å². The maximum absolute atomic E-state index is 10.8. The van der Waals surface area contributed by atoms with Crippen LogP contribution in [-0.2, 0) is 11.2 Å². The SMILES string of the molecule is Nc1c(CC(=O)O)ccc(Cl)c1-c1ccccc1. The van der Waals surface area contributed by atoms with E-state index in [-0.39, 0.29) is 6.42 Å². The van der Waals surface area contributed by atoms with E-state index in [0.29, 0.717) is 21.8 Å². The quantitative estimate of drug-likeness (QED) is 0.834. The number of carboxylic acid groups (broad SMARTS) is 1. The molecular weight excluding hydrogens is 250 g/mol. The minimum atomic E-state index is -0.914. The third kappa shape index (κ3) is 2.46. The number of nitrogens with two attached hydrogens (primary N) is 1. The Balaban J connectivity index is 2.56. The monoisotopic (exact) mass is 261 g/mol. The number of hydrogen-bond acceptors (Lipinski definition) is 2. The molecule has 2 aromatic rings. The first kappa shape index (κ1) is 12.5. The van der Waals surface area contributed by atoms with Gasteiger partial charge in [-0.05, 0) is 17.2 Å². The third-order valence-corrected chi connectivity index (χ3v) is 3.00. The molecule has 0 aliphatic carbocycles. The number of carboxylic acids is 1. The van der Waals surface area contributed by atoms with Crippen molar-refractivity contribution in [3.63, 3.8) is 0 Å². The number of anilines is 1. The van der Waals surface area contributed by atoms with Gasteiger partial charge in [0.05, 0.1) is 11.4 Å². The van der Waals surface area contributed by atoms with Crippen molar-refractivity contribution in [1.29, 1.82) is 0 Å². The van der Waals surface area contributed by atoms with Crippen molar-refractivity contribution in [3.8, 4) is 11.1 Å². The summed E-state index contributed by atoms with van der Waals surface area (Å²) in [6.07, 6.45) is -0.108. The van der Waals surface area contributed by atoms with Crippen LogP contribution in [-0.4, -0.2) is 11.1 Å². The summed E-state index contributed by atoms with van der Waals surface area (Å²) in [5, 5.41) is 9.35. The largest absolute Gasteiger partial charge is 0.481 e. The topological polar surface area (TPSA) is 63.3 Å². The Bertz CT molecular complexity index is 582. The predicted octanol–water partition coefficient (Wildman–Crippen LogP) is 3.22. The van der Waals surface area contributed by atoms with E-state index in [9.17, 15) is 4.79 Å². The van der Waals surface area contributed by atoms with Crippen molar-refractivity contribution in [3.05, 3.63) is 53.1 Å². The van der Waals surface area contributed by atoms with Gasteiger partial charge in [-0.3, -0.25) is 4.79 Å². The van der Waals surface area contributed by atoms with Crippen LogP contribution in [0.3, 0.4) is 0 Å².